The summed E-state index contributed by atoms with van der Waals surface area (Å²) in [5.41, 5.74) is 3.04. The summed E-state index contributed by atoms with van der Waals surface area (Å²) in [6, 6.07) is 14.4. The van der Waals surface area contributed by atoms with E-state index in [1.807, 2.05) is 24.3 Å². The fourth-order valence-electron chi connectivity index (χ4n) is 2.59. The molecule has 0 amide bonds. The molecule has 3 aromatic rings. The molecule has 0 radical (unpaired) electrons. The van der Waals surface area contributed by atoms with Gasteiger partial charge in [-0.05, 0) is 43.3 Å². The average molecular weight is 354 g/mol. The van der Waals surface area contributed by atoms with Crippen molar-refractivity contribution in [2.24, 2.45) is 4.99 Å². The molecular weight excluding hydrogens is 336 g/mol. The first-order chi connectivity index (χ1) is 12.1. The molecule has 128 valence electrons. The SMILES string of the molecule is CCn1c(-c2ccccc2OC)cs/c1=N\c1ccc(C(=O)O)cc1. The minimum Gasteiger partial charge on any atom is -0.496 e. The first-order valence-electron chi connectivity index (χ1n) is 7.84. The largest absolute Gasteiger partial charge is 0.496 e. The molecule has 3 rings (SSSR count). The predicted octanol–water partition coefficient (Wildman–Crippen LogP) is 4.18. The van der Waals surface area contributed by atoms with Gasteiger partial charge >= 0.3 is 5.97 Å². The molecule has 0 spiro atoms. The summed E-state index contributed by atoms with van der Waals surface area (Å²) in [6.45, 7) is 2.83. The highest BCUT2D eigenvalue weighted by Crippen LogP contribution is 2.30. The number of benzene rings is 2. The van der Waals surface area contributed by atoms with Gasteiger partial charge in [-0.2, -0.15) is 0 Å². The van der Waals surface area contributed by atoms with Crippen LogP contribution in [0.15, 0.2) is 58.9 Å². The van der Waals surface area contributed by atoms with Gasteiger partial charge in [0.15, 0.2) is 4.80 Å². The summed E-state index contributed by atoms with van der Waals surface area (Å²) in [6.07, 6.45) is 0. The molecule has 6 heteroatoms. The van der Waals surface area contributed by atoms with Crippen LogP contribution in [0.4, 0.5) is 5.69 Å². The zero-order chi connectivity index (χ0) is 17.8. The Kier molecular flexibility index (Phi) is 5.00. The van der Waals surface area contributed by atoms with Crippen molar-refractivity contribution in [3.63, 3.8) is 0 Å². The molecule has 1 aromatic heterocycles. The first kappa shape index (κ1) is 17.0. The monoisotopic (exact) mass is 354 g/mol. The highest BCUT2D eigenvalue weighted by atomic mass is 32.1. The van der Waals surface area contributed by atoms with E-state index < -0.39 is 5.97 Å². The summed E-state index contributed by atoms with van der Waals surface area (Å²) in [4.78, 5) is 16.5. The van der Waals surface area contributed by atoms with E-state index in [9.17, 15) is 4.79 Å². The van der Waals surface area contributed by atoms with Crippen molar-refractivity contribution in [3.05, 3.63) is 64.3 Å². The lowest BCUT2D eigenvalue weighted by molar-refractivity contribution is 0.0697. The van der Waals surface area contributed by atoms with Crippen LogP contribution < -0.4 is 9.54 Å². The van der Waals surface area contributed by atoms with Crippen LogP contribution in [0.2, 0.25) is 0 Å². The second-order valence-corrected chi connectivity index (χ2v) is 6.15. The maximum Gasteiger partial charge on any atom is 0.335 e. The number of hydrogen-bond donors (Lipinski definition) is 1. The fraction of sp³-hybridized carbons (Fsp3) is 0.158. The summed E-state index contributed by atoms with van der Waals surface area (Å²) < 4.78 is 7.59. The fourth-order valence-corrected chi connectivity index (χ4v) is 3.57. The van der Waals surface area contributed by atoms with Crippen molar-refractivity contribution in [2.45, 2.75) is 13.5 Å². The highest BCUT2D eigenvalue weighted by Gasteiger charge is 2.11. The first-order valence-corrected chi connectivity index (χ1v) is 8.71. The second kappa shape index (κ2) is 7.36. The van der Waals surface area contributed by atoms with Crippen molar-refractivity contribution >= 4 is 23.0 Å². The zero-order valence-electron chi connectivity index (χ0n) is 14.0. The van der Waals surface area contributed by atoms with E-state index in [1.54, 1.807) is 42.7 Å². The second-order valence-electron chi connectivity index (χ2n) is 5.31. The van der Waals surface area contributed by atoms with E-state index in [2.05, 4.69) is 21.9 Å². The minimum atomic E-state index is -0.940. The number of aromatic carboxylic acids is 1. The Morgan fingerprint density at radius 2 is 1.92 bits per heavy atom. The number of hydrogen-bond acceptors (Lipinski definition) is 4. The summed E-state index contributed by atoms with van der Waals surface area (Å²) in [7, 11) is 1.66. The lowest BCUT2D eigenvalue weighted by Gasteiger charge is -2.10. The van der Waals surface area contributed by atoms with Crippen molar-refractivity contribution in [1.29, 1.82) is 0 Å². The van der Waals surface area contributed by atoms with E-state index in [0.717, 1.165) is 34.0 Å². The highest BCUT2D eigenvalue weighted by molar-refractivity contribution is 7.07. The molecule has 1 N–H and O–H groups in total. The number of rotatable bonds is 5. The van der Waals surface area contributed by atoms with E-state index in [1.165, 1.54) is 0 Å². The number of ether oxygens (including phenoxy) is 1. The van der Waals surface area contributed by atoms with Gasteiger partial charge in [-0.25, -0.2) is 9.79 Å². The molecule has 0 saturated heterocycles. The molecule has 0 aliphatic heterocycles. The molecule has 0 unspecified atom stereocenters. The Morgan fingerprint density at radius 3 is 2.56 bits per heavy atom. The van der Waals surface area contributed by atoms with Crippen LogP contribution in [0.5, 0.6) is 5.75 Å². The quantitative estimate of drug-likeness (QED) is 0.748. The Balaban J connectivity index is 2.07. The normalized spacial score (nSPS) is 11.5. The molecule has 0 atom stereocenters. The van der Waals surface area contributed by atoms with Crippen molar-refractivity contribution in [3.8, 4) is 17.0 Å². The van der Waals surface area contributed by atoms with E-state index in [4.69, 9.17) is 9.84 Å². The molecule has 0 saturated carbocycles. The van der Waals surface area contributed by atoms with Gasteiger partial charge in [-0.15, -0.1) is 11.3 Å². The van der Waals surface area contributed by atoms with Gasteiger partial charge in [0.05, 0.1) is 24.1 Å². The minimum absolute atomic E-state index is 0.253. The summed E-state index contributed by atoms with van der Waals surface area (Å²) in [5, 5.41) is 11.0. The number of nitrogens with zero attached hydrogens (tertiary/aromatic N) is 2. The number of methoxy groups -OCH3 is 1. The molecule has 2 aromatic carbocycles. The lowest BCUT2D eigenvalue weighted by atomic mass is 10.1. The van der Waals surface area contributed by atoms with Crippen LogP contribution in [-0.4, -0.2) is 22.8 Å². The average Bonchev–Trinajstić information content (AvgIpc) is 3.04. The predicted molar refractivity (Wildman–Crippen MR) is 98.6 cm³/mol. The van der Waals surface area contributed by atoms with Gasteiger partial charge in [0, 0.05) is 17.5 Å². The van der Waals surface area contributed by atoms with Gasteiger partial charge in [-0.3, -0.25) is 0 Å². The Morgan fingerprint density at radius 1 is 1.20 bits per heavy atom. The Hall–Kier alpha value is -2.86. The van der Waals surface area contributed by atoms with E-state index >= 15 is 0 Å². The standard InChI is InChI=1S/C19H18N2O3S/c1-3-21-16(15-6-4-5-7-17(15)24-2)12-25-19(21)20-14-10-8-13(9-11-14)18(22)23/h4-12H,3H2,1-2H3,(H,22,23)/b20-19-. The van der Waals surface area contributed by atoms with Crippen LogP contribution in [-0.2, 0) is 6.54 Å². The zero-order valence-corrected chi connectivity index (χ0v) is 14.8. The third-order valence-corrected chi connectivity index (χ3v) is 4.70. The van der Waals surface area contributed by atoms with Crippen LogP contribution in [0.3, 0.4) is 0 Å². The third-order valence-electron chi connectivity index (χ3n) is 3.84. The summed E-state index contributed by atoms with van der Waals surface area (Å²) in [5.74, 6) is -0.121. The van der Waals surface area contributed by atoms with Crippen LogP contribution >= 0.6 is 11.3 Å². The molecule has 5 nitrogen and oxygen atoms in total. The number of carboxylic acid groups (broad SMARTS) is 1. The van der Waals surface area contributed by atoms with Gasteiger partial charge in [0.2, 0.25) is 0 Å². The maximum absolute atomic E-state index is 10.9. The number of aromatic nitrogens is 1. The van der Waals surface area contributed by atoms with Crippen LogP contribution in [0.1, 0.15) is 17.3 Å². The van der Waals surface area contributed by atoms with E-state index in [0.29, 0.717) is 0 Å². The third kappa shape index (κ3) is 3.49. The van der Waals surface area contributed by atoms with Crippen molar-refractivity contribution in [1.82, 2.24) is 4.57 Å². The Bertz CT molecular complexity index is 955. The van der Waals surface area contributed by atoms with E-state index in [-0.39, 0.29) is 5.56 Å². The van der Waals surface area contributed by atoms with Crippen molar-refractivity contribution in [2.75, 3.05) is 7.11 Å². The topological polar surface area (TPSA) is 63.8 Å². The molecule has 0 aliphatic rings. The Labute approximate surface area is 149 Å². The van der Waals surface area contributed by atoms with Crippen LogP contribution in [0, 0.1) is 0 Å². The maximum atomic E-state index is 10.9. The van der Waals surface area contributed by atoms with Gasteiger partial charge < -0.3 is 14.4 Å². The number of carboxylic acids is 1. The molecule has 25 heavy (non-hydrogen) atoms. The lowest BCUT2D eigenvalue weighted by Crippen LogP contribution is -2.14. The molecule has 0 bridgehead atoms. The molecule has 0 aliphatic carbocycles. The van der Waals surface area contributed by atoms with Gasteiger partial charge in [0.25, 0.3) is 0 Å². The molecular formula is C19H18N2O3S. The summed E-state index contributed by atoms with van der Waals surface area (Å²) >= 11 is 1.54. The number of thiazole rings is 1. The molecule has 1 heterocycles. The van der Waals surface area contributed by atoms with Crippen molar-refractivity contribution < 1.29 is 14.6 Å². The van der Waals surface area contributed by atoms with Gasteiger partial charge in [0.1, 0.15) is 5.75 Å². The van der Waals surface area contributed by atoms with Gasteiger partial charge in [-0.1, -0.05) is 12.1 Å². The smallest absolute Gasteiger partial charge is 0.335 e. The number of carbonyl (C=O) groups is 1. The van der Waals surface area contributed by atoms with Crippen LogP contribution in [0.25, 0.3) is 11.3 Å². The molecule has 0 fully saturated rings. The number of para-hydroxylation sites is 1.